The van der Waals surface area contributed by atoms with Crippen molar-refractivity contribution in [1.29, 1.82) is 0 Å². The molecule has 0 bridgehead atoms. The number of rotatable bonds is 4. The molecule has 1 aromatic rings. The minimum absolute atomic E-state index is 0.0987. The van der Waals surface area contributed by atoms with Crippen molar-refractivity contribution in [2.24, 2.45) is 0 Å². The molecule has 1 N–H and O–H groups in total. The number of urea groups is 1. The lowest BCUT2D eigenvalue weighted by molar-refractivity contribution is 0.249. The first-order chi connectivity index (χ1) is 7.79. The molecular weight excluding hydrogens is 200 g/mol. The average Bonchev–Trinajstić information content (AvgIpc) is 2.32. The van der Waals surface area contributed by atoms with Crippen LogP contribution in [-0.2, 0) is 0 Å². The number of anilines is 1. The van der Waals surface area contributed by atoms with Crippen molar-refractivity contribution >= 4 is 11.7 Å². The van der Waals surface area contributed by atoms with E-state index in [-0.39, 0.29) is 6.03 Å². The monoisotopic (exact) mass is 218 g/mol. The van der Waals surface area contributed by atoms with Crippen LogP contribution in [0.3, 0.4) is 0 Å². The predicted octanol–water partition coefficient (Wildman–Crippen LogP) is 3.15. The van der Waals surface area contributed by atoms with Gasteiger partial charge in [0.05, 0.1) is 0 Å². The van der Waals surface area contributed by atoms with Crippen molar-refractivity contribution in [3.05, 3.63) is 42.6 Å². The van der Waals surface area contributed by atoms with E-state index in [9.17, 15) is 4.79 Å². The molecule has 0 aromatic heterocycles. The highest BCUT2D eigenvalue weighted by molar-refractivity contribution is 5.92. The van der Waals surface area contributed by atoms with Crippen LogP contribution in [-0.4, -0.2) is 12.6 Å². The lowest BCUT2D eigenvalue weighted by Gasteiger charge is -2.20. The Morgan fingerprint density at radius 3 is 2.56 bits per heavy atom. The smallest absolute Gasteiger partial charge is 0.315 e. The van der Waals surface area contributed by atoms with Crippen LogP contribution in [0.15, 0.2) is 42.6 Å². The zero-order valence-corrected chi connectivity index (χ0v) is 9.81. The highest BCUT2D eigenvalue weighted by Gasteiger charge is 2.10. The summed E-state index contributed by atoms with van der Waals surface area (Å²) in [5.74, 6) is 0. The molecular formula is C13H18N2O. The summed E-state index contributed by atoms with van der Waals surface area (Å²) in [4.78, 5) is 13.5. The van der Waals surface area contributed by atoms with Gasteiger partial charge in [0.2, 0.25) is 0 Å². The molecule has 0 heterocycles. The standard InChI is InChI=1S/C13H18N2O/c1-3-5-11-14-13(16)15(4-2)12-9-7-6-8-10-12/h5-11H,3-4H2,1-2H3,(H,14,16)/b11-5+. The Bertz CT molecular complexity index is 346. The van der Waals surface area contributed by atoms with Gasteiger partial charge in [-0.15, -0.1) is 0 Å². The van der Waals surface area contributed by atoms with Crippen LogP contribution in [0, 0.1) is 0 Å². The van der Waals surface area contributed by atoms with Crippen molar-refractivity contribution < 1.29 is 4.79 Å². The Labute approximate surface area is 96.8 Å². The molecule has 0 saturated carbocycles. The van der Waals surface area contributed by atoms with Crippen LogP contribution in [0.25, 0.3) is 0 Å². The van der Waals surface area contributed by atoms with Crippen molar-refractivity contribution in [3.8, 4) is 0 Å². The summed E-state index contributed by atoms with van der Waals surface area (Å²) in [7, 11) is 0. The number of benzene rings is 1. The van der Waals surface area contributed by atoms with Crippen LogP contribution in [0.1, 0.15) is 20.3 Å². The van der Waals surface area contributed by atoms with E-state index in [1.54, 1.807) is 11.1 Å². The fraction of sp³-hybridized carbons (Fsp3) is 0.308. The number of carbonyl (C=O) groups excluding carboxylic acids is 1. The number of hydrogen-bond donors (Lipinski definition) is 1. The second-order valence-electron chi connectivity index (χ2n) is 3.34. The normalized spacial score (nSPS) is 10.4. The molecule has 86 valence electrons. The molecule has 3 heteroatoms. The quantitative estimate of drug-likeness (QED) is 0.827. The zero-order valence-electron chi connectivity index (χ0n) is 9.81. The van der Waals surface area contributed by atoms with Gasteiger partial charge in [-0.3, -0.25) is 4.90 Å². The van der Waals surface area contributed by atoms with Crippen LogP contribution < -0.4 is 10.2 Å². The van der Waals surface area contributed by atoms with Gasteiger partial charge in [-0.2, -0.15) is 0 Å². The molecule has 0 radical (unpaired) electrons. The van der Waals surface area contributed by atoms with Crippen molar-refractivity contribution in [1.82, 2.24) is 5.32 Å². The average molecular weight is 218 g/mol. The Morgan fingerprint density at radius 1 is 1.31 bits per heavy atom. The maximum absolute atomic E-state index is 11.8. The summed E-state index contributed by atoms with van der Waals surface area (Å²) in [6.07, 6.45) is 4.52. The number of para-hydroxylation sites is 1. The third-order valence-electron chi connectivity index (χ3n) is 2.19. The first-order valence-electron chi connectivity index (χ1n) is 5.57. The molecule has 0 atom stereocenters. The fourth-order valence-corrected chi connectivity index (χ4v) is 1.38. The van der Waals surface area contributed by atoms with E-state index < -0.39 is 0 Å². The molecule has 16 heavy (non-hydrogen) atoms. The molecule has 0 fully saturated rings. The number of hydrogen-bond acceptors (Lipinski definition) is 1. The fourth-order valence-electron chi connectivity index (χ4n) is 1.38. The Balaban J connectivity index is 2.68. The van der Waals surface area contributed by atoms with Gasteiger partial charge >= 0.3 is 6.03 Å². The number of allylic oxidation sites excluding steroid dienone is 1. The molecule has 3 nitrogen and oxygen atoms in total. The summed E-state index contributed by atoms with van der Waals surface area (Å²) in [6.45, 7) is 4.63. The highest BCUT2D eigenvalue weighted by atomic mass is 16.2. The van der Waals surface area contributed by atoms with E-state index in [2.05, 4.69) is 5.32 Å². The minimum Gasteiger partial charge on any atom is -0.315 e. The summed E-state index contributed by atoms with van der Waals surface area (Å²) < 4.78 is 0. The summed E-state index contributed by atoms with van der Waals surface area (Å²) in [6, 6.07) is 9.53. The SMILES string of the molecule is CC/C=C/NC(=O)N(CC)c1ccccc1. The van der Waals surface area contributed by atoms with E-state index in [4.69, 9.17) is 0 Å². The number of nitrogens with one attached hydrogen (secondary N) is 1. The summed E-state index contributed by atoms with van der Waals surface area (Å²) in [5.41, 5.74) is 0.910. The minimum atomic E-state index is -0.0987. The van der Waals surface area contributed by atoms with E-state index in [0.29, 0.717) is 6.54 Å². The molecule has 0 spiro atoms. The van der Waals surface area contributed by atoms with Gasteiger partial charge in [-0.25, -0.2) is 4.79 Å². The van der Waals surface area contributed by atoms with E-state index in [0.717, 1.165) is 12.1 Å². The third kappa shape index (κ3) is 3.42. The highest BCUT2D eigenvalue weighted by Crippen LogP contribution is 2.12. The number of amides is 2. The molecule has 2 amide bonds. The van der Waals surface area contributed by atoms with Crippen molar-refractivity contribution in [2.75, 3.05) is 11.4 Å². The van der Waals surface area contributed by atoms with Gasteiger partial charge < -0.3 is 5.32 Å². The first-order valence-corrected chi connectivity index (χ1v) is 5.57. The Hall–Kier alpha value is -1.77. The van der Waals surface area contributed by atoms with E-state index >= 15 is 0 Å². The molecule has 0 saturated heterocycles. The van der Waals surface area contributed by atoms with Gasteiger partial charge in [0.25, 0.3) is 0 Å². The second-order valence-corrected chi connectivity index (χ2v) is 3.34. The van der Waals surface area contributed by atoms with Crippen LogP contribution >= 0.6 is 0 Å². The maximum Gasteiger partial charge on any atom is 0.325 e. The largest absolute Gasteiger partial charge is 0.325 e. The lowest BCUT2D eigenvalue weighted by Crippen LogP contribution is -2.37. The van der Waals surface area contributed by atoms with E-state index in [1.165, 1.54) is 0 Å². The predicted molar refractivity (Wildman–Crippen MR) is 67.4 cm³/mol. The van der Waals surface area contributed by atoms with Gasteiger partial charge in [0, 0.05) is 18.4 Å². The number of nitrogens with zero attached hydrogens (tertiary/aromatic N) is 1. The van der Waals surface area contributed by atoms with Crippen LogP contribution in [0.5, 0.6) is 0 Å². The second kappa shape index (κ2) is 6.67. The summed E-state index contributed by atoms with van der Waals surface area (Å²) >= 11 is 0. The summed E-state index contributed by atoms with van der Waals surface area (Å²) in [5, 5.41) is 2.74. The Morgan fingerprint density at radius 2 is 2.00 bits per heavy atom. The molecule has 0 aliphatic heterocycles. The van der Waals surface area contributed by atoms with E-state index in [1.807, 2.05) is 50.3 Å². The maximum atomic E-state index is 11.8. The Kier molecular flexibility index (Phi) is 5.12. The van der Waals surface area contributed by atoms with Crippen molar-refractivity contribution in [3.63, 3.8) is 0 Å². The van der Waals surface area contributed by atoms with Gasteiger partial charge in [0.1, 0.15) is 0 Å². The molecule has 0 unspecified atom stereocenters. The molecule has 1 rings (SSSR count). The van der Waals surface area contributed by atoms with Gasteiger partial charge in [-0.1, -0.05) is 31.2 Å². The van der Waals surface area contributed by atoms with Gasteiger partial charge in [0.15, 0.2) is 0 Å². The van der Waals surface area contributed by atoms with Gasteiger partial charge in [-0.05, 0) is 25.5 Å². The number of carbonyl (C=O) groups is 1. The topological polar surface area (TPSA) is 32.3 Å². The molecule has 1 aromatic carbocycles. The van der Waals surface area contributed by atoms with Crippen molar-refractivity contribution in [2.45, 2.75) is 20.3 Å². The van der Waals surface area contributed by atoms with Crippen LogP contribution in [0.2, 0.25) is 0 Å². The lowest BCUT2D eigenvalue weighted by atomic mass is 10.3. The third-order valence-corrected chi connectivity index (χ3v) is 2.19. The molecule has 0 aliphatic carbocycles. The molecule has 0 aliphatic rings. The van der Waals surface area contributed by atoms with Crippen LogP contribution in [0.4, 0.5) is 10.5 Å². The zero-order chi connectivity index (χ0) is 11.8. The first kappa shape index (κ1) is 12.3.